The van der Waals surface area contributed by atoms with Gasteiger partial charge in [-0.1, -0.05) is 28.1 Å². The van der Waals surface area contributed by atoms with Gasteiger partial charge in [-0.15, -0.1) is 22.7 Å². The van der Waals surface area contributed by atoms with E-state index in [4.69, 9.17) is 0 Å². The van der Waals surface area contributed by atoms with E-state index in [9.17, 15) is 4.79 Å². The summed E-state index contributed by atoms with van der Waals surface area (Å²) in [5, 5.41) is 4.99. The number of fused-ring (bicyclic) bond motifs is 1. The predicted molar refractivity (Wildman–Crippen MR) is 85.0 cm³/mol. The molecule has 2 heterocycles. The molecule has 0 fully saturated rings. The Bertz CT molecular complexity index is 686. The molecule has 0 aliphatic rings. The lowest BCUT2D eigenvalue weighted by atomic mass is 10.2. The Kier molecular flexibility index (Phi) is 3.68. The minimum absolute atomic E-state index is 0.00341. The molecule has 0 aliphatic heterocycles. The number of hydrogen-bond acceptors (Lipinski definition) is 3. The smallest absolute Gasteiger partial charge is 0.261 e. The molecule has 1 N–H and O–H groups in total. The van der Waals surface area contributed by atoms with E-state index >= 15 is 0 Å². The Labute approximate surface area is 127 Å². The Morgan fingerprint density at radius 2 is 1.95 bits per heavy atom. The topological polar surface area (TPSA) is 29.1 Å². The molecule has 0 spiro atoms. The lowest BCUT2D eigenvalue weighted by Crippen LogP contribution is -2.21. The first kappa shape index (κ1) is 12.8. The summed E-state index contributed by atoms with van der Waals surface area (Å²) in [6.45, 7) is 0.553. The van der Waals surface area contributed by atoms with Crippen LogP contribution < -0.4 is 5.32 Å². The van der Waals surface area contributed by atoms with Crippen molar-refractivity contribution in [1.29, 1.82) is 0 Å². The summed E-state index contributed by atoms with van der Waals surface area (Å²) < 4.78 is 3.40. The summed E-state index contributed by atoms with van der Waals surface area (Å²) in [6, 6.07) is 12.0. The van der Waals surface area contributed by atoms with Crippen LogP contribution in [0.15, 0.2) is 46.3 Å². The van der Waals surface area contributed by atoms with Crippen molar-refractivity contribution in [3.05, 3.63) is 56.7 Å². The van der Waals surface area contributed by atoms with Crippen LogP contribution >= 0.6 is 38.6 Å². The lowest BCUT2D eigenvalue weighted by molar-refractivity contribution is 0.0955. The highest BCUT2D eigenvalue weighted by Gasteiger charge is 2.10. The van der Waals surface area contributed by atoms with E-state index in [1.54, 1.807) is 22.7 Å². The van der Waals surface area contributed by atoms with E-state index in [0.717, 1.165) is 14.9 Å². The quantitative estimate of drug-likeness (QED) is 0.730. The first-order chi connectivity index (χ1) is 9.22. The lowest BCUT2D eigenvalue weighted by Gasteiger charge is -2.03. The maximum Gasteiger partial charge on any atom is 0.261 e. The van der Waals surface area contributed by atoms with Crippen LogP contribution in [0, 0.1) is 0 Å². The van der Waals surface area contributed by atoms with E-state index in [1.165, 1.54) is 9.40 Å². The SMILES string of the molecule is O=C(NCc1ccc(Br)cc1)c1cc2sccc2s1. The van der Waals surface area contributed by atoms with Crippen molar-refractivity contribution in [2.45, 2.75) is 6.54 Å². The number of thiophene rings is 2. The van der Waals surface area contributed by atoms with E-state index in [2.05, 4.69) is 27.3 Å². The molecule has 0 saturated carbocycles. The Hall–Kier alpha value is -1.17. The van der Waals surface area contributed by atoms with Crippen molar-refractivity contribution in [3.63, 3.8) is 0 Å². The van der Waals surface area contributed by atoms with Crippen molar-refractivity contribution in [1.82, 2.24) is 5.32 Å². The Morgan fingerprint density at radius 3 is 2.68 bits per heavy atom. The van der Waals surface area contributed by atoms with Crippen molar-refractivity contribution < 1.29 is 4.79 Å². The normalized spacial score (nSPS) is 10.8. The summed E-state index contributed by atoms with van der Waals surface area (Å²) in [5.41, 5.74) is 1.09. The van der Waals surface area contributed by atoms with Crippen LogP contribution in [-0.2, 0) is 6.54 Å². The van der Waals surface area contributed by atoms with Crippen LogP contribution in [0.3, 0.4) is 0 Å². The molecular weight excluding hydrogens is 342 g/mol. The van der Waals surface area contributed by atoms with Gasteiger partial charge in [-0.2, -0.15) is 0 Å². The van der Waals surface area contributed by atoms with Crippen molar-refractivity contribution >= 4 is 53.9 Å². The van der Waals surface area contributed by atoms with Gasteiger partial charge in [0.15, 0.2) is 0 Å². The highest BCUT2D eigenvalue weighted by atomic mass is 79.9. The maximum absolute atomic E-state index is 12.0. The average molecular weight is 352 g/mol. The molecule has 2 aromatic heterocycles. The van der Waals surface area contributed by atoms with Crippen LogP contribution in [0.2, 0.25) is 0 Å². The molecule has 5 heteroatoms. The second kappa shape index (κ2) is 5.45. The molecule has 1 amide bonds. The molecular formula is C14H10BrNOS2. The van der Waals surface area contributed by atoms with Crippen molar-refractivity contribution in [3.8, 4) is 0 Å². The maximum atomic E-state index is 12.0. The molecule has 0 unspecified atom stereocenters. The average Bonchev–Trinajstić information content (AvgIpc) is 2.98. The van der Waals surface area contributed by atoms with Crippen LogP contribution in [0.5, 0.6) is 0 Å². The van der Waals surface area contributed by atoms with Crippen LogP contribution in [0.4, 0.5) is 0 Å². The molecule has 0 saturated heterocycles. The molecule has 3 aromatic rings. The number of rotatable bonds is 3. The third-order valence-corrected chi connectivity index (χ3v) is 5.35. The fourth-order valence-electron chi connectivity index (χ4n) is 1.75. The zero-order valence-corrected chi connectivity index (χ0v) is 13.1. The number of nitrogens with one attached hydrogen (secondary N) is 1. The first-order valence-electron chi connectivity index (χ1n) is 5.72. The number of halogens is 1. The van der Waals surface area contributed by atoms with E-state index in [-0.39, 0.29) is 5.91 Å². The zero-order chi connectivity index (χ0) is 13.2. The standard InChI is InChI=1S/C14H10BrNOS2/c15-10-3-1-9(2-4-10)8-16-14(17)13-7-12-11(19-13)5-6-18-12/h1-7H,8H2,(H,16,17). The third kappa shape index (κ3) is 2.88. The van der Waals surface area contributed by atoms with Gasteiger partial charge in [0.2, 0.25) is 0 Å². The molecule has 0 bridgehead atoms. The molecule has 19 heavy (non-hydrogen) atoms. The highest BCUT2D eigenvalue weighted by Crippen LogP contribution is 2.29. The first-order valence-corrected chi connectivity index (χ1v) is 8.21. The van der Waals surface area contributed by atoms with Gasteiger partial charge in [0, 0.05) is 20.4 Å². The number of amides is 1. The minimum atomic E-state index is -0.00341. The van der Waals surface area contributed by atoms with Crippen LogP contribution in [0.25, 0.3) is 9.40 Å². The molecule has 0 aliphatic carbocycles. The summed E-state index contributed by atoms with van der Waals surface area (Å²) >= 11 is 6.60. The second-order valence-electron chi connectivity index (χ2n) is 4.07. The number of benzene rings is 1. The second-order valence-corrected chi connectivity index (χ2v) is 7.02. The molecule has 0 atom stereocenters. The highest BCUT2D eigenvalue weighted by molar-refractivity contribution is 9.10. The van der Waals surface area contributed by atoms with Gasteiger partial charge in [0.05, 0.1) is 4.88 Å². The number of carbonyl (C=O) groups is 1. The van der Waals surface area contributed by atoms with Gasteiger partial charge in [-0.3, -0.25) is 4.79 Å². The summed E-state index contributed by atoms with van der Waals surface area (Å²) in [4.78, 5) is 12.8. The summed E-state index contributed by atoms with van der Waals surface area (Å²) in [6.07, 6.45) is 0. The van der Waals surface area contributed by atoms with Gasteiger partial charge >= 0.3 is 0 Å². The molecule has 3 rings (SSSR count). The van der Waals surface area contributed by atoms with E-state index in [1.807, 2.05) is 35.7 Å². The predicted octanol–water partition coefficient (Wildman–Crippen LogP) is 4.66. The van der Waals surface area contributed by atoms with E-state index < -0.39 is 0 Å². The molecule has 1 aromatic carbocycles. The minimum Gasteiger partial charge on any atom is -0.347 e. The van der Waals surface area contributed by atoms with E-state index in [0.29, 0.717) is 6.54 Å². The Morgan fingerprint density at radius 1 is 1.16 bits per heavy atom. The monoisotopic (exact) mass is 351 g/mol. The van der Waals surface area contributed by atoms with Gasteiger partial charge < -0.3 is 5.32 Å². The van der Waals surface area contributed by atoms with Crippen molar-refractivity contribution in [2.24, 2.45) is 0 Å². The van der Waals surface area contributed by atoms with Gasteiger partial charge in [-0.05, 0) is 35.2 Å². The van der Waals surface area contributed by atoms with Gasteiger partial charge in [0.1, 0.15) is 0 Å². The molecule has 2 nitrogen and oxygen atoms in total. The fraction of sp³-hybridized carbons (Fsp3) is 0.0714. The fourth-order valence-corrected chi connectivity index (χ4v) is 4.04. The largest absolute Gasteiger partial charge is 0.347 e. The third-order valence-electron chi connectivity index (χ3n) is 2.73. The number of carbonyl (C=O) groups excluding carboxylic acids is 1. The van der Waals surface area contributed by atoms with Crippen LogP contribution in [0.1, 0.15) is 15.2 Å². The summed E-state index contributed by atoms with van der Waals surface area (Å²) in [5.74, 6) is -0.00341. The zero-order valence-electron chi connectivity index (χ0n) is 9.85. The van der Waals surface area contributed by atoms with Crippen LogP contribution in [-0.4, -0.2) is 5.91 Å². The van der Waals surface area contributed by atoms with Gasteiger partial charge in [-0.25, -0.2) is 0 Å². The Balaban J connectivity index is 1.68. The number of hydrogen-bond donors (Lipinski definition) is 1. The molecule has 96 valence electrons. The van der Waals surface area contributed by atoms with Crippen molar-refractivity contribution in [2.75, 3.05) is 0 Å². The van der Waals surface area contributed by atoms with Gasteiger partial charge in [0.25, 0.3) is 5.91 Å². The molecule has 0 radical (unpaired) electrons. The summed E-state index contributed by atoms with van der Waals surface area (Å²) in [7, 11) is 0.